The molecule has 2 aromatic carbocycles. The number of hydrogen-bond donors (Lipinski definition) is 1. The fourth-order valence-electron chi connectivity index (χ4n) is 2.84. The Morgan fingerprint density at radius 2 is 1.78 bits per heavy atom. The number of carbonyl (C=O) groups excluding carboxylic acids is 2. The first-order valence-electron chi connectivity index (χ1n) is 8.82. The van der Waals surface area contributed by atoms with E-state index in [9.17, 15) is 14.0 Å². The standard InChI is InChI=1S/C21H25FN2O2.ClH/c1-16(21(26)18-8-5-9-19(22)15-18)14-20(25)24(13-11-23)12-10-17-6-3-2-4-7-17;/h2-9,15-16H,10-14,23H2,1H3;1H. The van der Waals surface area contributed by atoms with Crippen LogP contribution in [0.1, 0.15) is 29.3 Å². The van der Waals surface area contributed by atoms with Gasteiger partial charge in [0.2, 0.25) is 5.91 Å². The van der Waals surface area contributed by atoms with E-state index >= 15 is 0 Å². The summed E-state index contributed by atoms with van der Waals surface area (Å²) in [6, 6.07) is 15.5. The van der Waals surface area contributed by atoms with Crippen LogP contribution in [0.3, 0.4) is 0 Å². The summed E-state index contributed by atoms with van der Waals surface area (Å²) in [4.78, 5) is 26.7. The Morgan fingerprint density at radius 1 is 1.07 bits per heavy atom. The van der Waals surface area contributed by atoms with Crippen molar-refractivity contribution in [2.24, 2.45) is 11.7 Å². The molecule has 0 bridgehead atoms. The van der Waals surface area contributed by atoms with E-state index in [1.54, 1.807) is 17.9 Å². The number of benzene rings is 2. The SMILES string of the molecule is CC(CC(=O)N(CCN)CCc1ccccc1)C(=O)c1cccc(F)c1.Cl. The zero-order chi connectivity index (χ0) is 18.9. The topological polar surface area (TPSA) is 63.4 Å². The van der Waals surface area contributed by atoms with Gasteiger partial charge in [-0.1, -0.05) is 49.4 Å². The second-order valence-corrected chi connectivity index (χ2v) is 6.38. The Balaban J connectivity index is 0.00000364. The summed E-state index contributed by atoms with van der Waals surface area (Å²) < 4.78 is 13.3. The maximum absolute atomic E-state index is 13.3. The third-order valence-electron chi connectivity index (χ3n) is 4.30. The van der Waals surface area contributed by atoms with Crippen molar-refractivity contribution in [2.75, 3.05) is 19.6 Å². The lowest BCUT2D eigenvalue weighted by atomic mass is 9.95. The molecular formula is C21H26ClFN2O2. The Kier molecular flexibility index (Phi) is 9.68. The Morgan fingerprint density at radius 3 is 2.41 bits per heavy atom. The molecule has 2 rings (SSSR count). The fourth-order valence-corrected chi connectivity index (χ4v) is 2.84. The van der Waals surface area contributed by atoms with Crippen molar-refractivity contribution in [1.29, 1.82) is 0 Å². The van der Waals surface area contributed by atoms with E-state index in [-0.39, 0.29) is 30.5 Å². The van der Waals surface area contributed by atoms with Crippen LogP contribution in [0.15, 0.2) is 54.6 Å². The number of nitrogens with two attached hydrogens (primary N) is 1. The van der Waals surface area contributed by atoms with Crippen LogP contribution < -0.4 is 5.73 Å². The van der Waals surface area contributed by atoms with Crippen LogP contribution in [0.25, 0.3) is 0 Å². The van der Waals surface area contributed by atoms with Crippen molar-refractivity contribution in [3.05, 3.63) is 71.5 Å². The normalized spacial score (nSPS) is 11.4. The predicted octanol–water partition coefficient (Wildman–Crippen LogP) is 3.49. The van der Waals surface area contributed by atoms with Crippen LogP contribution in [0.4, 0.5) is 4.39 Å². The highest BCUT2D eigenvalue weighted by molar-refractivity contribution is 5.99. The number of nitrogens with zero attached hydrogens (tertiary/aromatic N) is 1. The third-order valence-corrected chi connectivity index (χ3v) is 4.30. The Bertz CT molecular complexity index is 740. The van der Waals surface area contributed by atoms with Gasteiger partial charge in [-0.2, -0.15) is 0 Å². The van der Waals surface area contributed by atoms with Gasteiger partial charge in [0.25, 0.3) is 0 Å². The van der Waals surface area contributed by atoms with E-state index < -0.39 is 11.7 Å². The molecule has 0 fully saturated rings. The molecule has 6 heteroatoms. The molecule has 0 spiro atoms. The second-order valence-electron chi connectivity index (χ2n) is 6.38. The van der Waals surface area contributed by atoms with E-state index in [4.69, 9.17) is 5.73 Å². The number of amides is 1. The molecule has 1 atom stereocenters. The Labute approximate surface area is 166 Å². The maximum Gasteiger partial charge on any atom is 0.223 e. The highest BCUT2D eigenvalue weighted by Gasteiger charge is 2.22. The zero-order valence-corrected chi connectivity index (χ0v) is 16.3. The molecule has 1 unspecified atom stereocenters. The van der Waals surface area contributed by atoms with E-state index in [0.717, 1.165) is 12.0 Å². The van der Waals surface area contributed by atoms with Gasteiger partial charge in [-0.15, -0.1) is 12.4 Å². The van der Waals surface area contributed by atoms with E-state index in [1.807, 2.05) is 30.3 Å². The van der Waals surface area contributed by atoms with Crippen molar-refractivity contribution in [1.82, 2.24) is 4.90 Å². The summed E-state index contributed by atoms with van der Waals surface area (Å²) >= 11 is 0. The Hall–Kier alpha value is -2.24. The molecule has 27 heavy (non-hydrogen) atoms. The third kappa shape index (κ3) is 7.12. The quantitative estimate of drug-likeness (QED) is 0.664. The van der Waals surface area contributed by atoms with Crippen LogP contribution >= 0.6 is 12.4 Å². The molecule has 0 saturated heterocycles. The molecule has 0 heterocycles. The van der Waals surface area contributed by atoms with Gasteiger partial charge in [-0.3, -0.25) is 9.59 Å². The smallest absolute Gasteiger partial charge is 0.223 e. The summed E-state index contributed by atoms with van der Waals surface area (Å²) in [7, 11) is 0. The number of carbonyl (C=O) groups is 2. The molecule has 146 valence electrons. The predicted molar refractivity (Wildman–Crippen MR) is 108 cm³/mol. The molecule has 0 aliphatic heterocycles. The van der Waals surface area contributed by atoms with Gasteiger partial charge < -0.3 is 10.6 Å². The van der Waals surface area contributed by atoms with Crippen molar-refractivity contribution in [3.8, 4) is 0 Å². The highest BCUT2D eigenvalue weighted by Crippen LogP contribution is 2.15. The second kappa shape index (κ2) is 11.5. The maximum atomic E-state index is 13.3. The lowest BCUT2D eigenvalue weighted by molar-refractivity contribution is -0.131. The molecule has 2 aromatic rings. The molecule has 0 aliphatic carbocycles. The molecule has 4 nitrogen and oxygen atoms in total. The van der Waals surface area contributed by atoms with Gasteiger partial charge in [0.1, 0.15) is 5.82 Å². The van der Waals surface area contributed by atoms with Crippen molar-refractivity contribution in [2.45, 2.75) is 19.8 Å². The minimum atomic E-state index is -0.513. The van der Waals surface area contributed by atoms with Crippen LogP contribution in [-0.4, -0.2) is 36.2 Å². The number of halogens is 2. The summed E-state index contributed by atoms with van der Waals surface area (Å²) in [6.45, 7) is 3.07. The number of Topliss-reactive ketones (excluding diaryl/α,β-unsaturated/α-hetero) is 1. The van der Waals surface area contributed by atoms with Crippen LogP contribution in [0, 0.1) is 11.7 Å². The fraction of sp³-hybridized carbons (Fsp3) is 0.333. The van der Waals surface area contributed by atoms with Gasteiger partial charge in [0.15, 0.2) is 5.78 Å². The monoisotopic (exact) mass is 392 g/mol. The zero-order valence-electron chi connectivity index (χ0n) is 15.4. The van der Waals surface area contributed by atoms with Gasteiger partial charge >= 0.3 is 0 Å². The first kappa shape index (κ1) is 22.8. The minimum Gasteiger partial charge on any atom is -0.341 e. The van der Waals surface area contributed by atoms with Crippen molar-refractivity contribution in [3.63, 3.8) is 0 Å². The molecular weight excluding hydrogens is 367 g/mol. The van der Waals surface area contributed by atoms with Gasteiger partial charge in [-0.05, 0) is 24.1 Å². The lowest BCUT2D eigenvalue weighted by Crippen LogP contribution is -2.38. The lowest BCUT2D eigenvalue weighted by Gasteiger charge is -2.23. The van der Waals surface area contributed by atoms with E-state index in [1.165, 1.54) is 18.2 Å². The van der Waals surface area contributed by atoms with Crippen molar-refractivity contribution < 1.29 is 14.0 Å². The van der Waals surface area contributed by atoms with Gasteiger partial charge in [0, 0.05) is 37.5 Å². The largest absolute Gasteiger partial charge is 0.341 e. The molecule has 2 N–H and O–H groups in total. The minimum absolute atomic E-state index is 0. The summed E-state index contributed by atoms with van der Waals surface area (Å²) in [5.74, 6) is -1.31. The van der Waals surface area contributed by atoms with Crippen LogP contribution in [0.5, 0.6) is 0 Å². The molecule has 0 radical (unpaired) electrons. The van der Waals surface area contributed by atoms with Crippen LogP contribution in [0.2, 0.25) is 0 Å². The first-order valence-corrected chi connectivity index (χ1v) is 8.82. The molecule has 0 saturated carbocycles. The number of hydrogen-bond acceptors (Lipinski definition) is 3. The van der Waals surface area contributed by atoms with E-state index in [2.05, 4.69) is 0 Å². The van der Waals surface area contributed by atoms with Gasteiger partial charge in [-0.25, -0.2) is 4.39 Å². The summed E-state index contributed by atoms with van der Waals surface area (Å²) in [5.41, 5.74) is 7.07. The average molecular weight is 393 g/mol. The number of ketones is 1. The van der Waals surface area contributed by atoms with E-state index in [0.29, 0.717) is 25.2 Å². The van der Waals surface area contributed by atoms with Crippen molar-refractivity contribution >= 4 is 24.1 Å². The molecule has 1 amide bonds. The first-order chi connectivity index (χ1) is 12.5. The molecule has 0 aromatic heterocycles. The summed E-state index contributed by atoms with van der Waals surface area (Å²) in [6.07, 6.45) is 0.822. The van der Waals surface area contributed by atoms with Crippen LogP contribution in [-0.2, 0) is 11.2 Å². The average Bonchev–Trinajstić information content (AvgIpc) is 2.65. The highest BCUT2D eigenvalue weighted by atomic mass is 35.5. The molecule has 0 aliphatic rings. The van der Waals surface area contributed by atoms with Gasteiger partial charge in [0.05, 0.1) is 0 Å². The number of rotatable bonds is 9. The summed E-state index contributed by atoms with van der Waals surface area (Å²) in [5, 5.41) is 0.